The van der Waals surface area contributed by atoms with E-state index < -0.39 is 0 Å². The number of ether oxygens (including phenoxy) is 1. The molecule has 2 nitrogen and oxygen atoms in total. The average Bonchev–Trinajstić information content (AvgIpc) is 2.52. The highest BCUT2D eigenvalue weighted by Crippen LogP contribution is 2.31. The van der Waals surface area contributed by atoms with Crippen LogP contribution in [0.25, 0.3) is 0 Å². The zero-order valence-corrected chi connectivity index (χ0v) is 7.25. The van der Waals surface area contributed by atoms with E-state index in [0.29, 0.717) is 12.5 Å². The lowest BCUT2D eigenvalue weighted by Crippen LogP contribution is -2.20. The van der Waals surface area contributed by atoms with Crippen LogP contribution < -0.4 is 0 Å². The summed E-state index contributed by atoms with van der Waals surface area (Å²) < 4.78 is 5.05. The smallest absolute Gasteiger partial charge is 0.0515 e. The molecule has 0 saturated heterocycles. The minimum atomic E-state index is 0.290. The normalized spacial score (nSPS) is 22.4. The Kier molecular flexibility index (Phi) is 3.87. The lowest BCUT2D eigenvalue weighted by molar-refractivity contribution is 0.0769. The summed E-state index contributed by atoms with van der Waals surface area (Å²) in [5, 5.41) is 9.04. The van der Waals surface area contributed by atoms with Gasteiger partial charge in [0.1, 0.15) is 0 Å². The largest absolute Gasteiger partial charge is 0.396 e. The molecule has 1 rings (SSSR count). The third kappa shape index (κ3) is 2.46. The summed E-state index contributed by atoms with van der Waals surface area (Å²) >= 11 is 0. The van der Waals surface area contributed by atoms with Gasteiger partial charge in [-0.1, -0.05) is 25.7 Å². The number of rotatable bonds is 4. The molecule has 1 atom stereocenters. The molecule has 1 aliphatic carbocycles. The van der Waals surface area contributed by atoms with Gasteiger partial charge in [0.15, 0.2) is 0 Å². The molecule has 66 valence electrons. The minimum Gasteiger partial charge on any atom is -0.396 e. The Morgan fingerprint density at radius 3 is 2.55 bits per heavy atom. The second-order valence-electron chi connectivity index (χ2n) is 3.44. The number of aliphatic hydroxyl groups is 1. The maximum Gasteiger partial charge on any atom is 0.0515 e. The highest BCUT2D eigenvalue weighted by molar-refractivity contribution is 4.74. The van der Waals surface area contributed by atoms with Gasteiger partial charge in [0.05, 0.1) is 6.61 Å². The molecule has 0 amide bonds. The Balaban J connectivity index is 2.27. The van der Waals surface area contributed by atoms with Crippen molar-refractivity contribution in [2.24, 2.45) is 11.8 Å². The molecule has 0 aromatic carbocycles. The van der Waals surface area contributed by atoms with E-state index in [-0.39, 0.29) is 0 Å². The van der Waals surface area contributed by atoms with Gasteiger partial charge in [0.2, 0.25) is 0 Å². The first-order valence-corrected chi connectivity index (χ1v) is 4.48. The van der Waals surface area contributed by atoms with E-state index in [1.165, 1.54) is 25.7 Å². The average molecular weight is 158 g/mol. The van der Waals surface area contributed by atoms with Crippen LogP contribution in [0.1, 0.15) is 25.7 Å². The lowest BCUT2D eigenvalue weighted by Gasteiger charge is -2.19. The van der Waals surface area contributed by atoms with Crippen LogP contribution in [0.4, 0.5) is 0 Å². The summed E-state index contributed by atoms with van der Waals surface area (Å²) in [6.45, 7) is 1.01. The summed E-state index contributed by atoms with van der Waals surface area (Å²) in [7, 11) is 1.71. The summed E-state index contributed by atoms with van der Waals surface area (Å²) in [5.41, 5.74) is 0. The van der Waals surface area contributed by atoms with Crippen molar-refractivity contribution in [3.63, 3.8) is 0 Å². The van der Waals surface area contributed by atoms with Crippen molar-refractivity contribution in [3.05, 3.63) is 0 Å². The van der Waals surface area contributed by atoms with E-state index in [9.17, 15) is 0 Å². The zero-order valence-electron chi connectivity index (χ0n) is 7.25. The fourth-order valence-electron chi connectivity index (χ4n) is 1.98. The van der Waals surface area contributed by atoms with Crippen LogP contribution in [0.2, 0.25) is 0 Å². The molecule has 1 saturated carbocycles. The molecule has 1 N–H and O–H groups in total. The van der Waals surface area contributed by atoms with E-state index in [0.717, 1.165) is 12.5 Å². The van der Waals surface area contributed by atoms with Crippen LogP contribution >= 0.6 is 0 Å². The van der Waals surface area contributed by atoms with Gasteiger partial charge in [-0.25, -0.2) is 0 Å². The maximum atomic E-state index is 9.04. The number of methoxy groups -OCH3 is 1. The maximum absolute atomic E-state index is 9.04. The molecule has 0 spiro atoms. The van der Waals surface area contributed by atoms with Crippen LogP contribution in [-0.4, -0.2) is 25.4 Å². The number of aliphatic hydroxyl groups excluding tert-OH is 1. The van der Waals surface area contributed by atoms with Gasteiger partial charge in [-0.15, -0.1) is 0 Å². The second kappa shape index (κ2) is 4.73. The SMILES string of the molecule is COCC(CO)C1CCCC1. The van der Waals surface area contributed by atoms with Gasteiger partial charge in [0.25, 0.3) is 0 Å². The standard InChI is InChI=1S/C9H18O2/c1-11-7-9(6-10)8-4-2-3-5-8/h8-10H,2-7H2,1H3. The second-order valence-corrected chi connectivity index (χ2v) is 3.44. The first kappa shape index (κ1) is 9.01. The highest BCUT2D eigenvalue weighted by atomic mass is 16.5. The van der Waals surface area contributed by atoms with E-state index in [1.807, 2.05) is 0 Å². The molecule has 2 heteroatoms. The third-order valence-corrected chi connectivity index (χ3v) is 2.68. The van der Waals surface area contributed by atoms with E-state index in [1.54, 1.807) is 7.11 Å². The van der Waals surface area contributed by atoms with Gasteiger partial charge in [0, 0.05) is 19.6 Å². The minimum absolute atomic E-state index is 0.290. The van der Waals surface area contributed by atoms with Crippen LogP contribution in [0.5, 0.6) is 0 Å². The van der Waals surface area contributed by atoms with Crippen LogP contribution in [0.3, 0.4) is 0 Å². The molecular weight excluding hydrogens is 140 g/mol. The molecule has 11 heavy (non-hydrogen) atoms. The molecule has 0 aromatic heterocycles. The summed E-state index contributed by atoms with van der Waals surface area (Å²) in [6, 6.07) is 0. The molecule has 1 unspecified atom stereocenters. The fourth-order valence-corrected chi connectivity index (χ4v) is 1.98. The van der Waals surface area contributed by atoms with Crippen molar-refractivity contribution < 1.29 is 9.84 Å². The Labute approximate surface area is 68.6 Å². The molecule has 0 bridgehead atoms. The third-order valence-electron chi connectivity index (χ3n) is 2.68. The number of hydrogen-bond donors (Lipinski definition) is 1. The van der Waals surface area contributed by atoms with E-state index in [2.05, 4.69) is 0 Å². The van der Waals surface area contributed by atoms with Crippen molar-refractivity contribution >= 4 is 0 Å². The van der Waals surface area contributed by atoms with Crippen LogP contribution in [0, 0.1) is 11.8 Å². The lowest BCUT2D eigenvalue weighted by atomic mass is 9.92. The van der Waals surface area contributed by atoms with E-state index in [4.69, 9.17) is 9.84 Å². The van der Waals surface area contributed by atoms with Gasteiger partial charge in [-0.3, -0.25) is 0 Å². The molecule has 0 aromatic rings. The Hall–Kier alpha value is -0.0800. The Bertz CT molecular complexity index is 97.7. The van der Waals surface area contributed by atoms with Crippen molar-refractivity contribution in [1.82, 2.24) is 0 Å². The van der Waals surface area contributed by atoms with E-state index >= 15 is 0 Å². The monoisotopic (exact) mass is 158 g/mol. The number of hydrogen-bond acceptors (Lipinski definition) is 2. The zero-order chi connectivity index (χ0) is 8.10. The molecule has 0 radical (unpaired) electrons. The topological polar surface area (TPSA) is 29.5 Å². The van der Waals surface area contributed by atoms with Gasteiger partial charge in [-0.05, 0) is 5.92 Å². The van der Waals surface area contributed by atoms with Crippen molar-refractivity contribution in [2.45, 2.75) is 25.7 Å². The van der Waals surface area contributed by atoms with Gasteiger partial charge >= 0.3 is 0 Å². The van der Waals surface area contributed by atoms with Crippen LogP contribution in [-0.2, 0) is 4.74 Å². The first-order valence-electron chi connectivity index (χ1n) is 4.48. The quantitative estimate of drug-likeness (QED) is 0.670. The summed E-state index contributed by atoms with van der Waals surface area (Å²) in [6.07, 6.45) is 5.25. The molecular formula is C9H18O2. The van der Waals surface area contributed by atoms with Crippen LogP contribution in [0.15, 0.2) is 0 Å². The Morgan fingerprint density at radius 2 is 2.09 bits per heavy atom. The van der Waals surface area contributed by atoms with Crippen molar-refractivity contribution in [2.75, 3.05) is 20.3 Å². The molecule has 0 aliphatic heterocycles. The predicted octanol–water partition coefficient (Wildman–Crippen LogP) is 1.43. The first-order chi connectivity index (χ1) is 5.38. The van der Waals surface area contributed by atoms with Gasteiger partial charge < -0.3 is 9.84 Å². The summed E-state index contributed by atoms with van der Waals surface area (Å²) in [5.74, 6) is 1.11. The molecule has 0 heterocycles. The Morgan fingerprint density at radius 1 is 1.45 bits per heavy atom. The van der Waals surface area contributed by atoms with Crippen molar-refractivity contribution in [1.29, 1.82) is 0 Å². The van der Waals surface area contributed by atoms with Gasteiger partial charge in [-0.2, -0.15) is 0 Å². The molecule has 1 aliphatic rings. The summed E-state index contributed by atoms with van der Waals surface area (Å²) in [4.78, 5) is 0. The highest BCUT2D eigenvalue weighted by Gasteiger charge is 2.23. The fraction of sp³-hybridized carbons (Fsp3) is 1.00. The van der Waals surface area contributed by atoms with Crippen molar-refractivity contribution in [3.8, 4) is 0 Å². The molecule has 1 fully saturated rings. The predicted molar refractivity (Wildman–Crippen MR) is 44.4 cm³/mol.